The number of nitrogens with one attached hydrogen (secondary N) is 1. The summed E-state index contributed by atoms with van der Waals surface area (Å²) >= 11 is 0. The van der Waals surface area contributed by atoms with Crippen LogP contribution in [0.15, 0.2) is 25.3 Å². The molecule has 3 aliphatic heterocycles. The van der Waals surface area contributed by atoms with Gasteiger partial charge in [-0.1, -0.05) is 38.3 Å². The molecule has 3 fully saturated rings. The summed E-state index contributed by atoms with van der Waals surface area (Å²) in [4.78, 5) is 57.5. The molecular formula is C32H51N3O7. The van der Waals surface area contributed by atoms with Crippen LogP contribution in [0.2, 0.25) is 0 Å². The normalized spacial score (nSPS) is 27.3. The summed E-state index contributed by atoms with van der Waals surface area (Å²) in [7, 11) is 0. The lowest BCUT2D eigenvalue weighted by Gasteiger charge is -2.39. The van der Waals surface area contributed by atoms with Crippen LogP contribution in [0, 0.1) is 11.8 Å². The highest BCUT2D eigenvalue weighted by atomic mass is 16.6. The van der Waals surface area contributed by atoms with Crippen molar-refractivity contribution in [2.24, 2.45) is 11.8 Å². The lowest BCUT2D eigenvalue weighted by atomic mass is 9.70. The number of amides is 3. The van der Waals surface area contributed by atoms with Crippen molar-refractivity contribution >= 4 is 23.7 Å². The Morgan fingerprint density at radius 1 is 1.21 bits per heavy atom. The largest absolute Gasteiger partial charge is 0.460 e. The standard InChI is InChI=1S/C32H51N3O7/c1-6-9-15-25(37)33-21-23(5)41-31(40)26-24-16-17-32(42-24)27(26)29(38)35(19-12-10-11-13-20-36)28(32)30(39)34(18-8-3)22(4)14-7-2/h6,8,22-24,26-28,36H,1,3,7,9-21H2,2,4-5H3,(H,33,37)/t22?,23-,24+,26-,27-,28+,32-/m1/s1. The van der Waals surface area contributed by atoms with Gasteiger partial charge in [-0.3, -0.25) is 19.2 Å². The fraction of sp³-hybridized carbons (Fsp3) is 0.750. The summed E-state index contributed by atoms with van der Waals surface area (Å²) in [6.45, 7) is 14.3. The van der Waals surface area contributed by atoms with Gasteiger partial charge in [-0.25, -0.2) is 0 Å². The van der Waals surface area contributed by atoms with E-state index in [-0.39, 0.29) is 36.9 Å². The lowest BCUT2D eigenvalue weighted by molar-refractivity contribution is -0.159. The van der Waals surface area contributed by atoms with E-state index in [2.05, 4.69) is 25.4 Å². The predicted molar refractivity (Wildman–Crippen MR) is 159 cm³/mol. The second-order valence-corrected chi connectivity index (χ2v) is 12.0. The topological polar surface area (TPSA) is 125 Å². The first-order valence-electron chi connectivity index (χ1n) is 15.7. The van der Waals surface area contributed by atoms with Crippen LogP contribution in [0.3, 0.4) is 0 Å². The third-order valence-corrected chi connectivity index (χ3v) is 8.94. The molecule has 0 aliphatic carbocycles. The number of ether oxygens (including phenoxy) is 2. The summed E-state index contributed by atoms with van der Waals surface area (Å²) in [5.74, 6) is -2.66. The maximum absolute atomic E-state index is 14.4. The molecule has 1 unspecified atom stereocenters. The Morgan fingerprint density at radius 3 is 2.62 bits per heavy atom. The van der Waals surface area contributed by atoms with Gasteiger partial charge in [-0.05, 0) is 52.4 Å². The van der Waals surface area contributed by atoms with Crippen LogP contribution >= 0.6 is 0 Å². The number of carbonyl (C=O) groups is 4. The van der Waals surface area contributed by atoms with E-state index >= 15 is 0 Å². The van der Waals surface area contributed by atoms with Crippen LogP contribution in [-0.2, 0) is 28.7 Å². The molecule has 236 valence electrons. The van der Waals surface area contributed by atoms with Gasteiger partial charge in [-0.2, -0.15) is 0 Å². The lowest BCUT2D eigenvalue weighted by Crippen LogP contribution is -2.57. The molecule has 10 heteroatoms. The molecule has 3 saturated heterocycles. The molecule has 0 saturated carbocycles. The van der Waals surface area contributed by atoms with Gasteiger partial charge in [0.1, 0.15) is 17.7 Å². The number of unbranched alkanes of at least 4 members (excludes halogenated alkanes) is 3. The van der Waals surface area contributed by atoms with Crippen molar-refractivity contribution in [1.29, 1.82) is 0 Å². The van der Waals surface area contributed by atoms with E-state index < -0.39 is 41.7 Å². The summed E-state index contributed by atoms with van der Waals surface area (Å²) in [5, 5.41) is 11.9. The molecule has 2 N–H and O–H groups in total. The minimum absolute atomic E-state index is 0.0423. The smallest absolute Gasteiger partial charge is 0.312 e. The number of esters is 1. The highest BCUT2D eigenvalue weighted by Gasteiger charge is 2.75. The molecule has 42 heavy (non-hydrogen) atoms. The Kier molecular flexibility index (Phi) is 12.6. The number of carbonyl (C=O) groups excluding carboxylic acids is 4. The van der Waals surface area contributed by atoms with Crippen molar-refractivity contribution in [2.45, 2.75) is 115 Å². The van der Waals surface area contributed by atoms with Crippen molar-refractivity contribution in [2.75, 3.05) is 26.2 Å². The zero-order valence-electron chi connectivity index (χ0n) is 25.7. The summed E-state index contributed by atoms with van der Waals surface area (Å²) in [6, 6.07) is -0.865. The number of hydrogen-bond acceptors (Lipinski definition) is 7. The Morgan fingerprint density at radius 2 is 1.95 bits per heavy atom. The molecule has 0 aromatic rings. The number of likely N-dealkylation sites (tertiary alicyclic amines) is 1. The number of nitrogens with zero attached hydrogens (tertiary/aromatic N) is 2. The van der Waals surface area contributed by atoms with E-state index in [1.807, 2.05) is 6.92 Å². The number of hydrogen-bond donors (Lipinski definition) is 2. The molecule has 0 aromatic carbocycles. The first kappa shape index (κ1) is 33.8. The van der Waals surface area contributed by atoms with E-state index in [4.69, 9.17) is 14.6 Å². The second-order valence-electron chi connectivity index (χ2n) is 12.0. The third-order valence-electron chi connectivity index (χ3n) is 8.94. The number of rotatable bonds is 19. The Labute approximate surface area is 250 Å². The molecule has 0 radical (unpaired) electrons. The van der Waals surface area contributed by atoms with E-state index in [9.17, 15) is 19.2 Å². The van der Waals surface area contributed by atoms with Gasteiger partial charge in [0, 0.05) is 32.2 Å². The first-order chi connectivity index (χ1) is 20.2. The van der Waals surface area contributed by atoms with E-state index in [0.29, 0.717) is 51.6 Å². The van der Waals surface area contributed by atoms with Gasteiger partial charge >= 0.3 is 5.97 Å². The molecule has 3 amide bonds. The van der Waals surface area contributed by atoms with Gasteiger partial charge in [0.2, 0.25) is 17.7 Å². The van der Waals surface area contributed by atoms with Crippen molar-refractivity contribution in [1.82, 2.24) is 15.1 Å². The zero-order valence-corrected chi connectivity index (χ0v) is 25.7. The maximum atomic E-state index is 14.4. The molecule has 2 bridgehead atoms. The van der Waals surface area contributed by atoms with Crippen LogP contribution in [0.1, 0.15) is 85.0 Å². The molecule has 10 nitrogen and oxygen atoms in total. The average Bonchev–Trinajstić information content (AvgIpc) is 3.60. The monoisotopic (exact) mass is 589 g/mol. The third kappa shape index (κ3) is 7.25. The number of fused-ring (bicyclic) bond motifs is 1. The van der Waals surface area contributed by atoms with Crippen LogP contribution < -0.4 is 5.32 Å². The summed E-state index contributed by atoms with van der Waals surface area (Å²) in [5.41, 5.74) is -1.08. The molecule has 3 heterocycles. The SMILES string of the molecule is C=CCCC(=O)NC[C@@H](C)OC(=O)[C@@H]1[C@@H]2CC[C@]3(O2)[C@H](C(=O)N(CC=C)C(C)CCC)N(CCCCCCO)C(=O)[C@@H]13. The summed E-state index contributed by atoms with van der Waals surface area (Å²) in [6.07, 6.45) is 9.01. The van der Waals surface area contributed by atoms with Crippen molar-refractivity contribution in [3.05, 3.63) is 25.3 Å². The quantitative estimate of drug-likeness (QED) is 0.135. The molecule has 0 aromatic heterocycles. The van der Waals surface area contributed by atoms with Gasteiger partial charge in [0.05, 0.1) is 24.5 Å². The fourth-order valence-electron chi connectivity index (χ4n) is 6.94. The zero-order chi connectivity index (χ0) is 30.9. The minimum atomic E-state index is -1.08. The second kappa shape index (κ2) is 15.7. The fourth-order valence-corrected chi connectivity index (χ4v) is 6.94. The highest BCUT2D eigenvalue weighted by molar-refractivity contribution is 5.98. The Balaban J connectivity index is 1.84. The van der Waals surface area contributed by atoms with E-state index in [0.717, 1.165) is 25.7 Å². The van der Waals surface area contributed by atoms with E-state index in [1.165, 1.54) is 0 Å². The molecular weight excluding hydrogens is 538 g/mol. The maximum Gasteiger partial charge on any atom is 0.312 e. The van der Waals surface area contributed by atoms with Crippen molar-refractivity contribution in [3.63, 3.8) is 0 Å². The number of allylic oxidation sites excluding steroid dienone is 1. The highest BCUT2D eigenvalue weighted by Crippen LogP contribution is 2.59. The Bertz CT molecular complexity index is 987. The molecule has 3 rings (SSSR count). The molecule has 7 atom stereocenters. The van der Waals surface area contributed by atoms with Crippen LogP contribution in [0.5, 0.6) is 0 Å². The van der Waals surface area contributed by atoms with Gasteiger partial charge in [-0.15, -0.1) is 13.2 Å². The summed E-state index contributed by atoms with van der Waals surface area (Å²) < 4.78 is 12.3. The number of aliphatic hydroxyl groups is 1. The average molecular weight is 590 g/mol. The van der Waals surface area contributed by atoms with E-state index in [1.54, 1.807) is 28.9 Å². The van der Waals surface area contributed by atoms with Gasteiger partial charge in [0.15, 0.2) is 0 Å². The van der Waals surface area contributed by atoms with Gasteiger partial charge < -0.3 is 29.7 Å². The molecule has 1 spiro atoms. The number of aliphatic hydroxyl groups excluding tert-OH is 1. The van der Waals surface area contributed by atoms with Crippen LogP contribution in [0.25, 0.3) is 0 Å². The van der Waals surface area contributed by atoms with Gasteiger partial charge in [0.25, 0.3) is 0 Å². The Hall–Kier alpha value is -2.72. The van der Waals surface area contributed by atoms with Crippen LogP contribution in [-0.4, -0.2) is 94.7 Å². The predicted octanol–water partition coefficient (Wildman–Crippen LogP) is 3.13. The first-order valence-corrected chi connectivity index (χ1v) is 15.7. The van der Waals surface area contributed by atoms with Crippen LogP contribution in [0.4, 0.5) is 0 Å². The molecule has 3 aliphatic rings. The van der Waals surface area contributed by atoms with Crippen molar-refractivity contribution in [3.8, 4) is 0 Å². The van der Waals surface area contributed by atoms with Crippen molar-refractivity contribution < 1.29 is 33.8 Å². The minimum Gasteiger partial charge on any atom is -0.460 e.